The predicted octanol–water partition coefficient (Wildman–Crippen LogP) is 3.17. The lowest BCUT2D eigenvalue weighted by Crippen LogP contribution is -2.42. The second-order valence-corrected chi connectivity index (χ2v) is 6.69. The van der Waals surface area contributed by atoms with Gasteiger partial charge in [0.2, 0.25) is 0 Å². The Balaban J connectivity index is 1.79. The number of nitrogens with zero attached hydrogens (tertiary/aromatic N) is 1. The molecule has 1 aromatic rings. The number of methoxy groups -OCH3 is 1. The van der Waals surface area contributed by atoms with E-state index in [0.717, 1.165) is 43.2 Å². The minimum atomic E-state index is -0.378. The number of aliphatic hydroxyl groups excluding tert-OH is 1. The number of hydrogen-bond donors (Lipinski definition) is 1. The van der Waals surface area contributed by atoms with Crippen LogP contribution < -0.4 is 4.74 Å². The number of fused-ring (bicyclic) bond motifs is 1. The second-order valence-electron chi connectivity index (χ2n) is 6.69. The average molecular weight is 289 g/mol. The van der Waals surface area contributed by atoms with Gasteiger partial charge in [0.1, 0.15) is 5.75 Å². The van der Waals surface area contributed by atoms with Gasteiger partial charge in [0, 0.05) is 6.04 Å². The summed E-state index contributed by atoms with van der Waals surface area (Å²) in [4.78, 5) is 2.52. The van der Waals surface area contributed by atoms with Crippen LogP contribution in [0.4, 0.5) is 0 Å². The van der Waals surface area contributed by atoms with Crippen molar-refractivity contribution >= 4 is 0 Å². The van der Waals surface area contributed by atoms with Crippen molar-refractivity contribution in [1.82, 2.24) is 4.90 Å². The minimum absolute atomic E-state index is 0.273. The monoisotopic (exact) mass is 289 g/mol. The molecule has 1 aromatic carbocycles. The van der Waals surface area contributed by atoms with Crippen LogP contribution in [0.25, 0.3) is 0 Å². The molecule has 21 heavy (non-hydrogen) atoms. The van der Waals surface area contributed by atoms with Crippen LogP contribution in [-0.2, 0) is 6.42 Å². The van der Waals surface area contributed by atoms with Crippen LogP contribution in [0.15, 0.2) is 18.2 Å². The fraction of sp³-hybridized carbons (Fsp3) is 0.667. The first kappa shape index (κ1) is 14.9. The Morgan fingerprint density at radius 3 is 2.86 bits per heavy atom. The van der Waals surface area contributed by atoms with E-state index in [1.54, 1.807) is 7.11 Å². The molecule has 3 heteroatoms. The highest BCUT2D eigenvalue weighted by Crippen LogP contribution is 2.36. The maximum absolute atomic E-state index is 10.9. The standard InChI is InChI=1S/C18H27NO2/c1-13-4-3-10-19(11-9-13)17-8-6-14-5-7-15(21-2)12-16(14)18(17)20/h5,7,12-13,17-18,20H,3-4,6,8-11H2,1-2H3. The van der Waals surface area contributed by atoms with Crippen LogP contribution in [0.5, 0.6) is 5.75 Å². The summed E-state index contributed by atoms with van der Waals surface area (Å²) in [5.41, 5.74) is 2.35. The summed E-state index contributed by atoms with van der Waals surface area (Å²) >= 11 is 0. The molecule has 3 unspecified atom stereocenters. The van der Waals surface area contributed by atoms with Gasteiger partial charge in [-0.05, 0) is 74.4 Å². The number of rotatable bonds is 2. The molecule has 1 N–H and O–H groups in total. The van der Waals surface area contributed by atoms with Crippen LogP contribution >= 0.6 is 0 Å². The van der Waals surface area contributed by atoms with Crippen LogP contribution in [-0.4, -0.2) is 36.2 Å². The van der Waals surface area contributed by atoms with E-state index in [2.05, 4.69) is 17.9 Å². The SMILES string of the molecule is COc1ccc2c(c1)C(O)C(N1CCCC(C)CC1)CC2. The highest BCUT2D eigenvalue weighted by atomic mass is 16.5. The van der Waals surface area contributed by atoms with Gasteiger partial charge in [0.25, 0.3) is 0 Å². The highest BCUT2D eigenvalue weighted by molar-refractivity contribution is 5.39. The second kappa shape index (κ2) is 6.37. The summed E-state index contributed by atoms with van der Waals surface area (Å²) in [6.07, 6.45) is 5.59. The number of benzene rings is 1. The van der Waals surface area contributed by atoms with Crippen molar-refractivity contribution in [3.8, 4) is 5.75 Å². The summed E-state index contributed by atoms with van der Waals surface area (Å²) in [5, 5.41) is 10.9. The lowest BCUT2D eigenvalue weighted by molar-refractivity contribution is 0.0371. The Morgan fingerprint density at radius 2 is 2.05 bits per heavy atom. The average Bonchev–Trinajstić information content (AvgIpc) is 2.72. The molecule has 2 aliphatic rings. The summed E-state index contributed by atoms with van der Waals surface area (Å²) in [6, 6.07) is 6.40. The third-order valence-electron chi connectivity index (χ3n) is 5.27. The first-order chi connectivity index (χ1) is 10.2. The molecular weight excluding hydrogens is 262 g/mol. The van der Waals surface area contributed by atoms with Crippen LogP contribution in [0.3, 0.4) is 0 Å². The molecule has 1 aliphatic heterocycles. The molecule has 3 nitrogen and oxygen atoms in total. The van der Waals surface area contributed by atoms with E-state index >= 15 is 0 Å². The molecule has 0 amide bonds. The fourth-order valence-corrected chi connectivity index (χ4v) is 3.87. The van der Waals surface area contributed by atoms with Crippen molar-refractivity contribution in [2.75, 3.05) is 20.2 Å². The summed E-state index contributed by atoms with van der Waals surface area (Å²) in [6.45, 7) is 4.61. The molecule has 1 saturated heterocycles. The largest absolute Gasteiger partial charge is 0.497 e. The van der Waals surface area contributed by atoms with E-state index in [1.807, 2.05) is 12.1 Å². The van der Waals surface area contributed by atoms with E-state index in [9.17, 15) is 5.11 Å². The summed E-state index contributed by atoms with van der Waals surface area (Å²) < 4.78 is 5.32. The molecule has 0 bridgehead atoms. The van der Waals surface area contributed by atoms with Gasteiger partial charge < -0.3 is 9.84 Å². The Labute approximate surface area is 127 Å². The quantitative estimate of drug-likeness (QED) is 0.907. The molecule has 1 fully saturated rings. The zero-order valence-corrected chi connectivity index (χ0v) is 13.2. The first-order valence-corrected chi connectivity index (χ1v) is 8.28. The Bertz CT molecular complexity index is 488. The molecule has 3 rings (SSSR count). The molecule has 1 aliphatic carbocycles. The van der Waals surface area contributed by atoms with Crippen molar-refractivity contribution in [2.45, 2.75) is 51.2 Å². The number of ether oxygens (including phenoxy) is 1. The molecule has 0 radical (unpaired) electrons. The van der Waals surface area contributed by atoms with E-state index in [-0.39, 0.29) is 12.1 Å². The number of likely N-dealkylation sites (tertiary alicyclic amines) is 1. The van der Waals surface area contributed by atoms with E-state index < -0.39 is 0 Å². The normalized spacial score (nSPS) is 30.5. The van der Waals surface area contributed by atoms with Crippen molar-refractivity contribution in [1.29, 1.82) is 0 Å². The van der Waals surface area contributed by atoms with Gasteiger partial charge in [0.15, 0.2) is 0 Å². The molecule has 3 atom stereocenters. The molecule has 0 aromatic heterocycles. The van der Waals surface area contributed by atoms with Gasteiger partial charge in [-0.1, -0.05) is 13.0 Å². The van der Waals surface area contributed by atoms with Crippen molar-refractivity contribution in [2.24, 2.45) is 5.92 Å². The van der Waals surface area contributed by atoms with Crippen molar-refractivity contribution in [3.05, 3.63) is 29.3 Å². The zero-order chi connectivity index (χ0) is 14.8. The molecule has 116 valence electrons. The van der Waals surface area contributed by atoms with Gasteiger partial charge in [0.05, 0.1) is 13.2 Å². The van der Waals surface area contributed by atoms with E-state index in [4.69, 9.17) is 4.74 Å². The Morgan fingerprint density at radius 1 is 1.19 bits per heavy atom. The smallest absolute Gasteiger partial charge is 0.119 e. The van der Waals surface area contributed by atoms with Gasteiger partial charge in [-0.3, -0.25) is 4.90 Å². The number of aryl methyl sites for hydroxylation is 1. The maximum atomic E-state index is 10.9. The first-order valence-electron chi connectivity index (χ1n) is 8.28. The van der Waals surface area contributed by atoms with Gasteiger partial charge in [-0.25, -0.2) is 0 Å². The van der Waals surface area contributed by atoms with Gasteiger partial charge in [-0.2, -0.15) is 0 Å². The molecule has 1 heterocycles. The number of hydrogen-bond acceptors (Lipinski definition) is 3. The molecule has 0 spiro atoms. The predicted molar refractivity (Wildman–Crippen MR) is 84.7 cm³/mol. The topological polar surface area (TPSA) is 32.7 Å². The number of aliphatic hydroxyl groups is 1. The van der Waals surface area contributed by atoms with Crippen molar-refractivity contribution < 1.29 is 9.84 Å². The maximum Gasteiger partial charge on any atom is 0.119 e. The third kappa shape index (κ3) is 3.09. The molecule has 0 saturated carbocycles. The lowest BCUT2D eigenvalue weighted by atomic mass is 9.84. The highest BCUT2D eigenvalue weighted by Gasteiger charge is 2.33. The van der Waals surface area contributed by atoms with Crippen LogP contribution in [0.2, 0.25) is 0 Å². The zero-order valence-electron chi connectivity index (χ0n) is 13.2. The van der Waals surface area contributed by atoms with Crippen LogP contribution in [0, 0.1) is 5.92 Å². The van der Waals surface area contributed by atoms with Crippen molar-refractivity contribution in [3.63, 3.8) is 0 Å². The minimum Gasteiger partial charge on any atom is -0.497 e. The Kier molecular flexibility index (Phi) is 4.51. The fourth-order valence-electron chi connectivity index (χ4n) is 3.87. The van der Waals surface area contributed by atoms with E-state index in [1.165, 1.54) is 24.8 Å². The Hall–Kier alpha value is -1.06. The molecular formula is C18H27NO2. The van der Waals surface area contributed by atoms with Gasteiger partial charge >= 0.3 is 0 Å². The van der Waals surface area contributed by atoms with Gasteiger partial charge in [-0.15, -0.1) is 0 Å². The van der Waals surface area contributed by atoms with E-state index in [0.29, 0.717) is 0 Å². The lowest BCUT2D eigenvalue weighted by Gasteiger charge is -2.38. The third-order valence-corrected chi connectivity index (χ3v) is 5.27. The summed E-state index contributed by atoms with van der Waals surface area (Å²) in [5.74, 6) is 1.67. The van der Waals surface area contributed by atoms with Crippen LogP contribution in [0.1, 0.15) is 49.8 Å². The summed E-state index contributed by atoms with van der Waals surface area (Å²) in [7, 11) is 1.69.